The molecule has 3 saturated heterocycles. The molecule has 4 amide bonds. The molecular weight excluding hydrogens is 805 g/mol. The van der Waals surface area contributed by atoms with Crippen molar-refractivity contribution in [2.75, 3.05) is 51.7 Å². The van der Waals surface area contributed by atoms with Crippen LogP contribution in [0.15, 0.2) is 53.6 Å². The van der Waals surface area contributed by atoms with Crippen molar-refractivity contribution in [2.45, 2.75) is 70.1 Å². The number of fused-ring (bicyclic) bond motifs is 2. The molecule has 4 aliphatic heterocycles. The standard InChI is InChI=1S/C45H49Cl2N7O6/c1-50(2)39-19-31-33(22-48-39)42(57)51(3)24-34(31)27-16-36(46)35(37(47)17-27)25-52-12-8-26(9-13-52)23-53-14-10-45(11-15-53)20-29(21-45)60-28-4-5-30-32(18-28)44(59)54(43(30)58)38-6-7-40(55)49-41(38)56/h4-5,16-19,22,24,26,29,38H,6-15,20-21,23,25H2,1-3H3,(H,49,55,56). The average molecular weight is 855 g/mol. The zero-order valence-corrected chi connectivity index (χ0v) is 35.7. The number of aryl methyl sites for hydroxylation is 1. The SMILES string of the molecule is CN(C)c1cc2c(-c3cc(Cl)c(CN4CCC(CN5CCC6(CC5)CC(Oc5ccc7c(c5)C(=O)N(C5CCC(=O)NC5=O)C7=O)C6)CC4)c(Cl)c3)cn(C)c(=O)c2cn1. The van der Waals surface area contributed by atoms with Crippen molar-refractivity contribution in [1.82, 2.24) is 29.6 Å². The zero-order chi connectivity index (χ0) is 42.0. The first-order chi connectivity index (χ1) is 28.8. The third kappa shape index (κ3) is 7.58. The Balaban J connectivity index is 0.744. The van der Waals surface area contributed by atoms with E-state index in [0.717, 1.165) is 104 Å². The Bertz CT molecular complexity index is 2460. The van der Waals surface area contributed by atoms with Gasteiger partial charge in [0.25, 0.3) is 17.4 Å². The molecule has 1 atom stereocenters. The van der Waals surface area contributed by atoms with Crippen LogP contribution >= 0.6 is 23.2 Å². The number of piperidine rings is 3. The van der Waals surface area contributed by atoms with E-state index in [0.29, 0.717) is 33.6 Å². The number of likely N-dealkylation sites (tertiary alicyclic amines) is 2. The minimum atomic E-state index is -0.988. The normalized spacial score (nSPS) is 21.4. The fourth-order valence-electron chi connectivity index (χ4n) is 9.97. The summed E-state index contributed by atoms with van der Waals surface area (Å²) in [6, 6.07) is 9.83. The molecule has 1 spiro atoms. The van der Waals surface area contributed by atoms with Crippen molar-refractivity contribution >= 4 is 63.4 Å². The maximum absolute atomic E-state index is 13.3. The minimum Gasteiger partial charge on any atom is -0.490 e. The molecule has 9 rings (SSSR count). The maximum atomic E-state index is 13.3. The molecule has 1 saturated carbocycles. The van der Waals surface area contributed by atoms with Crippen LogP contribution in [0.4, 0.5) is 5.82 Å². The van der Waals surface area contributed by atoms with Gasteiger partial charge in [0.1, 0.15) is 17.6 Å². The van der Waals surface area contributed by atoms with Crippen molar-refractivity contribution in [3.63, 3.8) is 0 Å². The van der Waals surface area contributed by atoms with Gasteiger partial charge in [0, 0.05) is 79.6 Å². The number of nitrogens with zero attached hydrogens (tertiary/aromatic N) is 6. The highest BCUT2D eigenvalue weighted by molar-refractivity contribution is 6.36. The third-order valence-corrected chi connectivity index (χ3v) is 14.2. The number of hydrogen-bond acceptors (Lipinski definition) is 10. The largest absolute Gasteiger partial charge is 0.490 e. The van der Waals surface area contributed by atoms with Gasteiger partial charge in [-0.2, -0.15) is 0 Å². The topological polar surface area (TPSA) is 137 Å². The molecule has 2 aromatic carbocycles. The Morgan fingerprint density at radius 3 is 2.23 bits per heavy atom. The maximum Gasteiger partial charge on any atom is 0.262 e. The van der Waals surface area contributed by atoms with Crippen molar-refractivity contribution in [1.29, 1.82) is 0 Å². The lowest BCUT2D eigenvalue weighted by Crippen LogP contribution is -2.54. The summed E-state index contributed by atoms with van der Waals surface area (Å²) in [5.41, 5.74) is 3.32. The van der Waals surface area contributed by atoms with Gasteiger partial charge in [-0.25, -0.2) is 4.98 Å². The van der Waals surface area contributed by atoms with Crippen molar-refractivity contribution < 1.29 is 23.9 Å². The first-order valence-electron chi connectivity index (χ1n) is 20.9. The first kappa shape index (κ1) is 40.6. The van der Waals surface area contributed by atoms with Gasteiger partial charge in [0.05, 0.1) is 22.6 Å². The van der Waals surface area contributed by atoms with Crippen LogP contribution in [0.25, 0.3) is 21.9 Å². The summed E-state index contributed by atoms with van der Waals surface area (Å²) in [5, 5.41) is 4.82. The molecule has 5 aliphatic rings. The molecule has 2 aromatic heterocycles. The highest BCUT2D eigenvalue weighted by Gasteiger charge is 2.48. The monoisotopic (exact) mass is 853 g/mol. The summed E-state index contributed by atoms with van der Waals surface area (Å²) in [6.45, 7) is 5.92. The lowest BCUT2D eigenvalue weighted by molar-refractivity contribution is -0.136. The molecule has 0 bridgehead atoms. The van der Waals surface area contributed by atoms with Crippen LogP contribution in [0, 0.1) is 11.3 Å². The Labute approximate surface area is 358 Å². The lowest BCUT2D eigenvalue weighted by Gasteiger charge is -2.52. The second-order valence-electron chi connectivity index (χ2n) is 17.7. The molecule has 4 aromatic rings. The number of anilines is 1. The lowest BCUT2D eigenvalue weighted by atomic mass is 9.61. The van der Waals surface area contributed by atoms with E-state index in [1.165, 1.54) is 0 Å². The van der Waals surface area contributed by atoms with Crippen molar-refractivity contribution in [3.05, 3.63) is 85.9 Å². The Hall–Kier alpha value is -4.82. The number of rotatable bonds is 9. The number of imide groups is 2. The number of carbonyl (C=O) groups excluding carboxylic acids is 4. The smallest absolute Gasteiger partial charge is 0.262 e. The van der Waals surface area contributed by atoms with Gasteiger partial charge >= 0.3 is 0 Å². The van der Waals surface area contributed by atoms with Gasteiger partial charge in [-0.1, -0.05) is 23.2 Å². The highest BCUT2D eigenvalue weighted by atomic mass is 35.5. The van der Waals surface area contributed by atoms with Crippen LogP contribution in [0.3, 0.4) is 0 Å². The summed E-state index contributed by atoms with van der Waals surface area (Å²) in [6.07, 6.45) is 10.2. The molecule has 60 heavy (non-hydrogen) atoms. The number of nitrogens with one attached hydrogen (secondary N) is 1. The van der Waals surface area contributed by atoms with Crippen LogP contribution in [0.2, 0.25) is 10.0 Å². The molecule has 1 N–H and O–H groups in total. The second-order valence-corrected chi connectivity index (χ2v) is 18.5. The van der Waals surface area contributed by atoms with Gasteiger partial charge in [-0.3, -0.25) is 39.1 Å². The Morgan fingerprint density at radius 2 is 1.55 bits per heavy atom. The highest BCUT2D eigenvalue weighted by Crippen LogP contribution is 2.51. The summed E-state index contributed by atoms with van der Waals surface area (Å²) in [4.78, 5) is 75.8. The van der Waals surface area contributed by atoms with Crippen LogP contribution < -0.4 is 20.5 Å². The summed E-state index contributed by atoms with van der Waals surface area (Å²) < 4.78 is 7.90. The average Bonchev–Trinajstić information content (AvgIpc) is 3.45. The molecular formula is C45H49Cl2N7O6. The van der Waals surface area contributed by atoms with Crippen molar-refractivity contribution in [2.24, 2.45) is 18.4 Å². The number of pyridine rings is 2. The van der Waals surface area contributed by atoms with Gasteiger partial charge in [0.15, 0.2) is 0 Å². The van der Waals surface area contributed by atoms with E-state index in [1.54, 1.807) is 36.0 Å². The molecule has 6 heterocycles. The Morgan fingerprint density at radius 1 is 0.850 bits per heavy atom. The van der Waals surface area contributed by atoms with E-state index in [4.69, 9.17) is 27.9 Å². The van der Waals surface area contributed by atoms with Gasteiger partial charge in [-0.15, -0.1) is 0 Å². The van der Waals surface area contributed by atoms with Gasteiger partial charge in [0.2, 0.25) is 11.8 Å². The van der Waals surface area contributed by atoms with Crippen LogP contribution in [-0.2, 0) is 23.2 Å². The zero-order valence-electron chi connectivity index (χ0n) is 34.1. The minimum absolute atomic E-state index is 0.0536. The quantitative estimate of drug-likeness (QED) is 0.203. The predicted molar refractivity (Wildman–Crippen MR) is 230 cm³/mol. The molecule has 1 unspecified atom stereocenters. The summed E-state index contributed by atoms with van der Waals surface area (Å²) >= 11 is 13.9. The van der Waals surface area contributed by atoms with E-state index in [2.05, 4.69) is 20.1 Å². The number of carbonyl (C=O) groups is 4. The number of aromatic nitrogens is 2. The van der Waals surface area contributed by atoms with E-state index < -0.39 is 29.7 Å². The molecule has 13 nitrogen and oxygen atoms in total. The van der Waals surface area contributed by atoms with Crippen LogP contribution in [0.5, 0.6) is 5.75 Å². The van der Waals surface area contributed by atoms with E-state index in [1.807, 2.05) is 43.4 Å². The van der Waals surface area contributed by atoms with Gasteiger partial charge < -0.3 is 19.1 Å². The van der Waals surface area contributed by atoms with E-state index in [9.17, 15) is 24.0 Å². The molecule has 314 valence electrons. The predicted octanol–water partition coefficient (Wildman–Crippen LogP) is 5.91. The van der Waals surface area contributed by atoms with Gasteiger partial charge in [-0.05, 0) is 124 Å². The number of halogens is 2. The summed E-state index contributed by atoms with van der Waals surface area (Å²) in [7, 11) is 5.59. The molecule has 4 fully saturated rings. The van der Waals surface area contributed by atoms with E-state index in [-0.39, 0.29) is 41.0 Å². The second kappa shape index (κ2) is 15.9. The number of ether oxygens (including phenoxy) is 1. The fourth-order valence-corrected chi connectivity index (χ4v) is 10.6. The number of benzene rings is 2. The summed E-state index contributed by atoms with van der Waals surface area (Å²) in [5.74, 6) is -0.102. The Kier molecular flexibility index (Phi) is 10.8. The molecule has 0 radical (unpaired) electrons. The molecule has 1 aliphatic carbocycles. The molecule has 15 heteroatoms. The van der Waals surface area contributed by atoms with E-state index >= 15 is 0 Å². The number of hydrogen-bond donors (Lipinski definition) is 1. The van der Waals surface area contributed by atoms with Crippen LogP contribution in [-0.4, -0.2) is 107 Å². The first-order valence-corrected chi connectivity index (χ1v) is 21.6. The fraction of sp³-hybridized carbons (Fsp3) is 0.467. The van der Waals surface area contributed by atoms with Crippen LogP contribution in [0.1, 0.15) is 77.6 Å². The van der Waals surface area contributed by atoms with Crippen molar-refractivity contribution in [3.8, 4) is 16.9 Å². The third-order valence-electron chi connectivity index (χ3n) is 13.5. The number of amides is 4.